The minimum Gasteiger partial charge on any atom is -0.433 e. The molecule has 1 aliphatic rings. The SMILES string of the molecule is Cn1c(Nc2nc3ccc(OC(C)(F)F)cc3s2)nc2cc(C(=O)N3CCN(CCO)CC3)ccc21. The number of aromatic nitrogens is 3. The fourth-order valence-corrected chi connectivity index (χ4v) is 5.16. The van der Waals surface area contributed by atoms with Gasteiger partial charge in [-0.1, -0.05) is 11.3 Å². The second kappa shape index (κ2) is 9.60. The second-order valence-corrected chi connectivity index (χ2v) is 9.77. The first-order valence-corrected chi connectivity index (χ1v) is 12.4. The Morgan fingerprint density at radius 1 is 1.14 bits per heavy atom. The molecule has 2 aromatic carbocycles. The van der Waals surface area contributed by atoms with E-state index in [0.29, 0.717) is 58.9 Å². The molecule has 190 valence electrons. The molecule has 0 unspecified atom stereocenters. The number of rotatable bonds is 7. The van der Waals surface area contributed by atoms with Crippen LogP contribution in [0.2, 0.25) is 0 Å². The fourth-order valence-electron chi connectivity index (χ4n) is 4.27. The average Bonchev–Trinajstić information content (AvgIpc) is 3.37. The number of alkyl halides is 2. The quantitative estimate of drug-likeness (QED) is 0.387. The summed E-state index contributed by atoms with van der Waals surface area (Å²) in [5.41, 5.74) is 2.75. The molecule has 1 amide bonds. The lowest BCUT2D eigenvalue weighted by atomic mass is 10.1. The van der Waals surface area contributed by atoms with Gasteiger partial charge in [-0.25, -0.2) is 9.97 Å². The molecule has 12 heteroatoms. The number of carbonyl (C=O) groups excluding carboxylic acids is 1. The van der Waals surface area contributed by atoms with Crippen molar-refractivity contribution in [1.29, 1.82) is 0 Å². The maximum absolute atomic E-state index is 13.2. The van der Waals surface area contributed by atoms with E-state index in [9.17, 15) is 13.6 Å². The Kier molecular flexibility index (Phi) is 6.49. The number of anilines is 2. The van der Waals surface area contributed by atoms with Gasteiger partial charge in [-0.3, -0.25) is 9.69 Å². The average molecular weight is 517 g/mol. The summed E-state index contributed by atoms with van der Waals surface area (Å²) in [5.74, 6) is 0.574. The van der Waals surface area contributed by atoms with Crippen molar-refractivity contribution in [2.24, 2.45) is 7.05 Å². The number of aliphatic hydroxyl groups excluding tert-OH is 1. The zero-order chi connectivity index (χ0) is 25.4. The van der Waals surface area contributed by atoms with Crippen LogP contribution in [-0.2, 0) is 7.05 Å². The summed E-state index contributed by atoms with van der Waals surface area (Å²) in [6, 6.07) is 10.1. The lowest BCUT2D eigenvalue weighted by molar-refractivity contribution is -0.158. The normalized spacial score (nSPS) is 15.1. The van der Waals surface area contributed by atoms with E-state index in [1.165, 1.54) is 23.5 Å². The predicted octanol–water partition coefficient (Wildman–Crippen LogP) is 3.67. The van der Waals surface area contributed by atoms with Gasteiger partial charge in [0.05, 0.1) is 27.9 Å². The van der Waals surface area contributed by atoms with Crippen molar-refractivity contribution in [3.63, 3.8) is 0 Å². The van der Waals surface area contributed by atoms with Gasteiger partial charge in [0.2, 0.25) is 5.95 Å². The number of thiazole rings is 1. The van der Waals surface area contributed by atoms with E-state index in [1.807, 2.05) is 22.6 Å². The third-order valence-electron chi connectivity index (χ3n) is 6.08. The molecule has 2 N–H and O–H groups in total. The molecular weight excluding hydrogens is 490 g/mol. The van der Waals surface area contributed by atoms with Crippen molar-refractivity contribution in [2.75, 3.05) is 44.6 Å². The third-order valence-corrected chi connectivity index (χ3v) is 7.01. The first kappa shape index (κ1) is 24.3. The first-order chi connectivity index (χ1) is 17.2. The molecule has 5 rings (SSSR count). The van der Waals surface area contributed by atoms with Gasteiger partial charge in [-0.2, -0.15) is 8.78 Å². The summed E-state index contributed by atoms with van der Waals surface area (Å²) in [6.45, 7) is 4.14. The Bertz CT molecular complexity index is 1410. The van der Waals surface area contributed by atoms with Gasteiger partial charge in [-0.05, 0) is 36.4 Å². The van der Waals surface area contributed by atoms with Gasteiger partial charge in [0.15, 0.2) is 5.13 Å². The van der Waals surface area contributed by atoms with Crippen molar-refractivity contribution < 1.29 is 23.4 Å². The molecule has 1 aliphatic heterocycles. The van der Waals surface area contributed by atoms with Crippen LogP contribution in [0.15, 0.2) is 36.4 Å². The Balaban J connectivity index is 1.33. The van der Waals surface area contributed by atoms with E-state index in [2.05, 4.69) is 24.9 Å². The standard InChI is InChI=1S/C24H26F2N6O3S/c1-24(25,26)35-16-4-5-17-20(14-16)36-23(28-17)29-22-27-18-13-15(3-6-19(18)30(22)2)21(34)32-9-7-31(8-10-32)11-12-33/h3-6,13-14,33H,7-12H2,1-2H3,(H,27,28,29). The number of halogens is 2. The number of hydrogen-bond donors (Lipinski definition) is 2. The molecule has 1 fully saturated rings. The minimum absolute atomic E-state index is 0.0393. The van der Waals surface area contributed by atoms with Gasteiger partial charge in [0.1, 0.15) is 5.75 Å². The summed E-state index contributed by atoms with van der Waals surface area (Å²) in [5, 5.41) is 12.9. The summed E-state index contributed by atoms with van der Waals surface area (Å²) >= 11 is 1.30. The highest BCUT2D eigenvalue weighted by atomic mass is 32.1. The summed E-state index contributed by atoms with van der Waals surface area (Å²) in [4.78, 5) is 26.2. The number of aryl methyl sites for hydroxylation is 1. The number of amides is 1. The molecule has 0 saturated carbocycles. The Morgan fingerprint density at radius 2 is 1.92 bits per heavy atom. The highest BCUT2D eigenvalue weighted by Crippen LogP contribution is 2.33. The number of β-amino-alcohol motifs (C(OH)–C–C–N with tert-alkyl or cyclic N) is 1. The van der Waals surface area contributed by atoms with Crippen LogP contribution >= 0.6 is 11.3 Å². The van der Waals surface area contributed by atoms with Gasteiger partial charge >= 0.3 is 6.11 Å². The van der Waals surface area contributed by atoms with Crippen LogP contribution in [0.1, 0.15) is 17.3 Å². The maximum Gasteiger partial charge on any atom is 0.394 e. The highest BCUT2D eigenvalue weighted by Gasteiger charge is 2.24. The number of hydrogen-bond acceptors (Lipinski definition) is 8. The van der Waals surface area contributed by atoms with E-state index < -0.39 is 6.11 Å². The van der Waals surface area contributed by atoms with Gasteiger partial charge in [0, 0.05) is 52.3 Å². The smallest absolute Gasteiger partial charge is 0.394 e. The summed E-state index contributed by atoms with van der Waals surface area (Å²) in [7, 11) is 1.86. The molecule has 0 bridgehead atoms. The number of nitrogens with zero attached hydrogens (tertiary/aromatic N) is 5. The number of nitrogens with one attached hydrogen (secondary N) is 1. The van der Waals surface area contributed by atoms with Crippen LogP contribution in [0.3, 0.4) is 0 Å². The molecular formula is C24H26F2N6O3S. The van der Waals surface area contributed by atoms with Crippen molar-refractivity contribution in [2.45, 2.75) is 13.0 Å². The molecule has 0 spiro atoms. The van der Waals surface area contributed by atoms with Crippen molar-refractivity contribution >= 4 is 49.6 Å². The minimum atomic E-state index is -3.26. The number of aliphatic hydroxyl groups is 1. The molecule has 9 nitrogen and oxygen atoms in total. The van der Waals surface area contributed by atoms with Crippen molar-refractivity contribution in [1.82, 2.24) is 24.3 Å². The monoisotopic (exact) mass is 516 g/mol. The van der Waals surface area contributed by atoms with Gasteiger partial charge in [-0.15, -0.1) is 0 Å². The zero-order valence-corrected chi connectivity index (χ0v) is 20.7. The third kappa shape index (κ3) is 5.11. The molecule has 0 radical (unpaired) electrons. The number of ether oxygens (including phenoxy) is 1. The Morgan fingerprint density at radius 3 is 2.64 bits per heavy atom. The number of piperazine rings is 1. The molecule has 4 aromatic rings. The highest BCUT2D eigenvalue weighted by molar-refractivity contribution is 7.22. The largest absolute Gasteiger partial charge is 0.433 e. The van der Waals surface area contributed by atoms with E-state index in [-0.39, 0.29) is 18.3 Å². The number of benzene rings is 2. The first-order valence-electron chi connectivity index (χ1n) is 11.5. The second-order valence-electron chi connectivity index (χ2n) is 8.74. The summed E-state index contributed by atoms with van der Waals surface area (Å²) in [6.07, 6.45) is -3.26. The Labute approximate surface area is 209 Å². The van der Waals surface area contributed by atoms with Crippen LogP contribution < -0.4 is 10.1 Å². The van der Waals surface area contributed by atoms with Crippen LogP contribution in [-0.4, -0.2) is 80.8 Å². The topological polar surface area (TPSA) is 95.7 Å². The van der Waals surface area contributed by atoms with E-state index in [4.69, 9.17) is 5.11 Å². The van der Waals surface area contributed by atoms with Gasteiger partial charge in [0.25, 0.3) is 5.91 Å². The van der Waals surface area contributed by atoms with Crippen LogP contribution in [0.5, 0.6) is 5.75 Å². The molecule has 1 saturated heterocycles. The Hall–Kier alpha value is -3.35. The predicted molar refractivity (Wildman–Crippen MR) is 134 cm³/mol. The van der Waals surface area contributed by atoms with Crippen molar-refractivity contribution in [3.05, 3.63) is 42.0 Å². The van der Waals surface area contributed by atoms with E-state index in [1.54, 1.807) is 18.2 Å². The van der Waals surface area contributed by atoms with E-state index >= 15 is 0 Å². The molecule has 3 heterocycles. The number of fused-ring (bicyclic) bond motifs is 2. The van der Waals surface area contributed by atoms with E-state index in [0.717, 1.165) is 18.6 Å². The number of imidazole rings is 1. The molecule has 2 aromatic heterocycles. The van der Waals surface area contributed by atoms with Gasteiger partial charge < -0.3 is 24.6 Å². The zero-order valence-electron chi connectivity index (χ0n) is 19.9. The fraction of sp³-hybridized carbons (Fsp3) is 0.375. The lowest BCUT2D eigenvalue weighted by Gasteiger charge is -2.34. The lowest BCUT2D eigenvalue weighted by Crippen LogP contribution is -2.49. The summed E-state index contributed by atoms with van der Waals surface area (Å²) < 4.78 is 33.6. The molecule has 36 heavy (non-hydrogen) atoms. The van der Waals surface area contributed by atoms with Crippen LogP contribution in [0.4, 0.5) is 19.9 Å². The van der Waals surface area contributed by atoms with Crippen molar-refractivity contribution in [3.8, 4) is 5.75 Å². The van der Waals surface area contributed by atoms with Crippen LogP contribution in [0.25, 0.3) is 21.3 Å². The molecule has 0 atom stereocenters. The van der Waals surface area contributed by atoms with Crippen LogP contribution in [0, 0.1) is 0 Å². The maximum atomic E-state index is 13.2. The molecule has 0 aliphatic carbocycles. The number of carbonyl (C=O) groups is 1.